The van der Waals surface area contributed by atoms with E-state index in [1.54, 1.807) is 37.3 Å². The number of carbonyl (C=O) groups is 1. The molecular formula is C23H28FN3O3. The van der Waals surface area contributed by atoms with Crippen molar-refractivity contribution < 1.29 is 19.0 Å². The fourth-order valence-corrected chi connectivity index (χ4v) is 2.97. The second-order valence-electron chi connectivity index (χ2n) is 6.42. The van der Waals surface area contributed by atoms with Crippen LogP contribution in [0.1, 0.15) is 38.8 Å². The minimum Gasteiger partial charge on any atom is -0.508 e. The minimum atomic E-state index is -0.409. The number of phenols is 1. The number of aliphatic imine (C=N–C) groups is 1. The van der Waals surface area contributed by atoms with Crippen molar-refractivity contribution in [2.24, 2.45) is 4.99 Å². The van der Waals surface area contributed by atoms with E-state index in [9.17, 15) is 14.3 Å². The van der Waals surface area contributed by atoms with Crippen molar-refractivity contribution in [3.63, 3.8) is 0 Å². The summed E-state index contributed by atoms with van der Waals surface area (Å²) in [7, 11) is 0. The number of nitrogens with zero attached hydrogens (tertiary/aromatic N) is 2. The first kappa shape index (κ1) is 22.9. The number of phenolic OH excluding ortho intramolecular Hbond substituents is 1. The second-order valence-corrected chi connectivity index (χ2v) is 6.42. The smallest absolute Gasteiger partial charge is 0.326 e. The number of nitrogens with one attached hydrogen (secondary N) is 1. The summed E-state index contributed by atoms with van der Waals surface area (Å²) in [5.41, 5.74) is 2.95. The molecule has 3 rings (SSSR count). The number of anilines is 2. The van der Waals surface area contributed by atoms with Crippen molar-refractivity contribution in [2.45, 2.75) is 41.2 Å². The first-order valence-electron chi connectivity index (χ1n) is 9.87. The lowest BCUT2D eigenvalue weighted by Gasteiger charge is -2.31. The highest BCUT2D eigenvalue weighted by molar-refractivity contribution is 6.05. The molecule has 160 valence electrons. The molecule has 0 aromatic heterocycles. The van der Waals surface area contributed by atoms with E-state index in [1.807, 2.05) is 26.8 Å². The molecule has 30 heavy (non-hydrogen) atoms. The molecule has 0 unspecified atom stereocenters. The van der Waals surface area contributed by atoms with Crippen LogP contribution in [0.25, 0.3) is 0 Å². The number of benzene rings is 2. The van der Waals surface area contributed by atoms with Gasteiger partial charge in [-0.25, -0.2) is 9.18 Å². The Balaban J connectivity index is 0.00000155. The Bertz CT molecular complexity index is 966. The Labute approximate surface area is 176 Å². The summed E-state index contributed by atoms with van der Waals surface area (Å²) in [4.78, 5) is 18.1. The van der Waals surface area contributed by atoms with Crippen molar-refractivity contribution >= 4 is 23.6 Å². The molecule has 2 aromatic rings. The zero-order chi connectivity index (χ0) is 22.3. The van der Waals surface area contributed by atoms with Crippen molar-refractivity contribution in [3.05, 3.63) is 59.0 Å². The molecule has 1 aliphatic rings. The molecule has 0 fully saturated rings. The zero-order valence-electron chi connectivity index (χ0n) is 18.0. The lowest BCUT2D eigenvalue weighted by Crippen LogP contribution is -2.39. The number of urea groups is 1. The summed E-state index contributed by atoms with van der Waals surface area (Å²) in [5, 5.41) is 12.9. The summed E-state index contributed by atoms with van der Waals surface area (Å²) in [5.74, 6) is 0.202. The number of rotatable bonds is 5. The van der Waals surface area contributed by atoms with E-state index in [1.165, 1.54) is 18.0 Å². The maximum Gasteiger partial charge on any atom is 0.326 e. The largest absolute Gasteiger partial charge is 0.508 e. The van der Waals surface area contributed by atoms with Gasteiger partial charge in [0.25, 0.3) is 0 Å². The summed E-state index contributed by atoms with van der Waals surface area (Å²) < 4.78 is 19.2. The van der Waals surface area contributed by atoms with Crippen molar-refractivity contribution in [2.75, 3.05) is 16.8 Å². The van der Waals surface area contributed by atoms with Crippen LogP contribution >= 0.6 is 0 Å². The summed E-state index contributed by atoms with van der Waals surface area (Å²) in [6.45, 7) is 9.12. The van der Waals surface area contributed by atoms with Gasteiger partial charge in [0.2, 0.25) is 0 Å². The molecule has 0 spiro atoms. The highest BCUT2D eigenvalue weighted by Crippen LogP contribution is 2.35. The average molecular weight is 413 g/mol. The fourth-order valence-electron chi connectivity index (χ4n) is 2.97. The van der Waals surface area contributed by atoms with Crippen LogP contribution in [0, 0.1) is 6.92 Å². The number of aryl methyl sites for hydroxylation is 1. The molecule has 2 aromatic carbocycles. The molecule has 0 saturated heterocycles. The molecule has 0 radical (unpaired) electrons. The van der Waals surface area contributed by atoms with Crippen LogP contribution < -0.4 is 15.0 Å². The van der Waals surface area contributed by atoms with Gasteiger partial charge in [0, 0.05) is 17.8 Å². The van der Waals surface area contributed by atoms with Gasteiger partial charge in [0.15, 0.2) is 0 Å². The van der Waals surface area contributed by atoms with E-state index in [2.05, 4.69) is 10.3 Å². The molecular weight excluding hydrogens is 385 g/mol. The maximum atomic E-state index is 13.5. The van der Waals surface area contributed by atoms with Gasteiger partial charge < -0.3 is 15.2 Å². The number of halogens is 1. The van der Waals surface area contributed by atoms with Crippen LogP contribution in [-0.4, -0.2) is 24.0 Å². The van der Waals surface area contributed by atoms with Crippen LogP contribution in [-0.2, 0) is 6.54 Å². The number of aromatic hydroxyl groups is 1. The van der Waals surface area contributed by atoms with Gasteiger partial charge in [-0.3, -0.25) is 9.89 Å². The van der Waals surface area contributed by atoms with Gasteiger partial charge in [-0.1, -0.05) is 26.0 Å². The molecule has 0 aliphatic carbocycles. The standard InChI is InChI=1S/C21H22FN3O3.C2H6/c1-4-23-18(14(3)22)12-28-15-9-8-13(2)19(10-15)25-11-16-17(24-21(25)27)6-5-7-20(16)26;1-2/h4-10,26H,11-12H2,1-3H3,(H,24,27);1-2H3/b18-14+,23-4?;. The van der Waals surface area contributed by atoms with E-state index in [0.29, 0.717) is 22.7 Å². The number of hydrogen-bond donors (Lipinski definition) is 2. The van der Waals surface area contributed by atoms with Gasteiger partial charge in [-0.2, -0.15) is 0 Å². The molecule has 2 amide bonds. The third kappa shape index (κ3) is 5.17. The van der Waals surface area contributed by atoms with Gasteiger partial charge in [-0.05, 0) is 44.5 Å². The monoisotopic (exact) mass is 413 g/mol. The van der Waals surface area contributed by atoms with Gasteiger partial charge in [0.05, 0.1) is 17.9 Å². The van der Waals surface area contributed by atoms with Crippen molar-refractivity contribution in [3.8, 4) is 11.5 Å². The van der Waals surface area contributed by atoms with E-state index < -0.39 is 5.83 Å². The van der Waals surface area contributed by atoms with E-state index in [4.69, 9.17) is 4.74 Å². The Morgan fingerprint density at radius 3 is 2.73 bits per heavy atom. The highest BCUT2D eigenvalue weighted by atomic mass is 19.1. The Morgan fingerprint density at radius 1 is 1.33 bits per heavy atom. The second kappa shape index (κ2) is 10.4. The van der Waals surface area contributed by atoms with Crippen LogP contribution in [0.3, 0.4) is 0 Å². The number of allylic oxidation sites excluding steroid dienone is 1. The zero-order valence-corrected chi connectivity index (χ0v) is 18.0. The molecule has 0 atom stereocenters. The lowest BCUT2D eigenvalue weighted by molar-refractivity contribution is 0.256. The highest BCUT2D eigenvalue weighted by Gasteiger charge is 2.27. The number of fused-ring (bicyclic) bond motifs is 1. The average Bonchev–Trinajstić information content (AvgIpc) is 2.73. The first-order valence-corrected chi connectivity index (χ1v) is 9.87. The molecule has 7 heteroatoms. The van der Waals surface area contributed by atoms with E-state index >= 15 is 0 Å². The van der Waals surface area contributed by atoms with Gasteiger partial charge >= 0.3 is 6.03 Å². The SMILES string of the molecule is CC.CC=N/C(COc1ccc(C)c(N2Cc3c(O)cccc3NC2=O)c1)=C(\C)F. The van der Waals surface area contributed by atoms with E-state index in [0.717, 1.165) is 5.56 Å². The first-order chi connectivity index (χ1) is 14.4. The Kier molecular flexibility index (Phi) is 7.98. The van der Waals surface area contributed by atoms with Crippen molar-refractivity contribution in [1.29, 1.82) is 0 Å². The topological polar surface area (TPSA) is 74.2 Å². The number of carbonyl (C=O) groups excluding carboxylic acids is 1. The molecule has 0 bridgehead atoms. The molecule has 0 saturated carbocycles. The predicted molar refractivity (Wildman–Crippen MR) is 119 cm³/mol. The normalized spacial score (nSPS) is 13.8. The predicted octanol–water partition coefficient (Wildman–Crippen LogP) is 5.95. The number of amides is 2. The fraction of sp³-hybridized carbons (Fsp3) is 0.304. The molecule has 1 aliphatic heterocycles. The van der Waals surface area contributed by atoms with Crippen LogP contribution in [0.2, 0.25) is 0 Å². The van der Waals surface area contributed by atoms with E-state index in [-0.39, 0.29) is 30.6 Å². The van der Waals surface area contributed by atoms with Gasteiger partial charge in [-0.15, -0.1) is 0 Å². The third-order valence-electron chi connectivity index (χ3n) is 4.48. The molecule has 1 heterocycles. The minimum absolute atomic E-state index is 0.0228. The van der Waals surface area contributed by atoms with Gasteiger partial charge in [0.1, 0.15) is 29.6 Å². The van der Waals surface area contributed by atoms with Crippen LogP contribution in [0.5, 0.6) is 11.5 Å². The molecule has 2 N–H and O–H groups in total. The maximum absolute atomic E-state index is 13.5. The number of hydrogen-bond acceptors (Lipinski definition) is 4. The van der Waals surface area contributed by atoms with Crippen LogP contribution in [0.4, 0.5) is 20.6 Å². The summed E-state index contributed by atoms with van der Waals surface area (Å²) in [6, 6.07) is 10.0. The summed E-state index contributed by atoms with van der Waals surface area (Å²) in [6.07, 6.45) is 1.50. The lowest BCUT2D eigenvalue weighted by atomic mass is 10.1. The summed E-state index contributed by atoms with van der Waals surface area (Å²) >= 11 is 0. The Morgan fingerprint density at radius 2 is 2.07 bits per heavy atom. The molecule has 6 nitrogen and oxygen atoms in total. The number of ether oxygens (including phenoxy) is 1. The third-order valence-corrected chi connectivity index (χ3v) is 4.48. The Hall–Kier alpha value is -3.35. The van der Waals surface area contributed by atoms with Crippen molar-refractivity contribution in [1.82, 2.24) is 0 Å². The quantitative estimate of drug-likeness (QED) is 0.595. The van der Waals surface area contributed by atoms with Crippen LogP contribution in [0.15, 0.2) is 52.9 Å².